The average Bonchev–Trinajstić information content (AvgIpc) is 2.68. The van der Waals surface area contributed by atoms with Crippen LogP contribution < -0.4 is 4.74 Å². The fourth-order valence-corrected chi connectivity index (χ4v) is 2.78. The van der Waals surface area contributed by atoms with Crippen LogP contribution in [0.1, 0.15) is 70.8 Å². The molecule has 5 heteroatoms. The van der Waals surface area contributed by atoms with Crippen molar-refractivity contribution in [2.24, 2.45) is 0 Å². The molecule has 1 heterocycles. The molecule has 0 saturated carbocycles. The number of hydrogen-bond acceptors (Lipinski definition) is 4. The molecule has 146 valence electrons. The van der Waals surface area contributed by atoms with E-state index >= 15 is 0 Å². The van der Waals surface area contributed by atoms with Crippen LogP contribution in [0.5, 0.6) is 5.75 Å². The van der Waals surface area contributed by atoms with Gasteiger partial charge in [-0.3, -0.25) is 4.79 Å². The number of carbonyl (C=O) groups is 1. The number of nitrogens with zero attached hydrogens (tertiary/aromatic N) is 2. The summed E-state index contributed by atoms with van der Waals surface area (Å²) in [7, 11) is 0. The first-order valence-corrected chi connectivity index (χ1v) is 9.95. The normalized spacial score (nSPS) is 10.8. The Morgan fingerprint density at radius 2 is 1.70 bits per heavy atom. The van der Waals surface area contributed by atoms with Crippen molar-refractivity contribution in [2.45, 2.75) is 71.6 Å². The molecule has 0 aliphatic rings. The van der Waals surface area contributed by atoms with Gasteiger partial charge in [0.15, 0.2) is 17.4 Å². The molecular formula is C22H29FN2O2. The lowest BCUT2D eigenvalue weighted by Gasteiger charge is -2.07. The zero-order valence-corrected chi connectivity index (χ0v) is 16.3. The first-order chi connectivity index (χ1) is 13.1. The summed E-state index contributed by atoms with van der Waals surface area (Å²) in [5, 5.41) is 0. The first kappa shape index (κ1) is 21.0. The van der Waals surface area contributed by atoms with Crippen LogP contribution in [-0.2, 0) is 11.2 Å². The highest BCUT2D eigenvalue weighted by molar-refractivity contribution is 5.72. The number of aryl methyl sites for hydroxylation is 1. The number of unbranched alkanes of at least 4 members (excludes halogenated alkanes) is 5. The molecule has 0 bridgehead atoms. The standard InChI is InChI=1S/C22H29FN2O2/c1-3-5-7-8-9-10-17-15-24-22(25-16-17)18-12-13-20(19(23)14-18)27-21(26)11-6-4-2/h12-16H,3-11H2,1-2H3. The highest BCUT2D eigenvalue weighted by Crippen LogP contribution is 2.24. The van der Waals surface area contributed by atoms with Gasteiger partial charge in [-0.2, -0.15) is 0 Å². The number of halogens is 1. The summed E-state index contributed by atoms with van der Waals surface area (Å²) in [6, 6.07) is 4.44. The van der Waals surface area contributed by atoms with E-state index in [4.69, 9.17) is 4.74 Å². The van der Waals surface area contributed by atoms with Crippen LogP contribution in [0.25, 0.3) is 11.4 Å². The number of rotatable bonds is 11. The lowest BCUT2D eigenvalue weighted by atomic mass is 10.1. The van der Waals surface area contributed by atoms with Gasteiger partial charge in [0, 0.05) is 24.4 Å². The Morgan fingerprint density at radius 1 is 1.00 bits per heavy atom. The number of aromatic nitrogens is 2. The van der Waals surface area contributed by atoms with E-state index in [-0.39, 0.29) is 5.75 Å². The van der Waals surface area contributed by atoms with Gasteiger partial charge in [-0.1, -0.05) is 46.0 Å². The number of benzene rings is 1. The van der Waals surface area contributed by atoms with Crippen molar-refractivity contribution in [2.75, 3.05) is 0 Å². The van der Waals surface area contributed by atoms with Crippen molar-refractivity contribution >= 4 is 5.97 Å². The van der Waals surface area contributed by atoms with Crippen molar-refractivity contribution in [3.63, 3.8) is 0 Å². The molecule has 0 aliphatic carbocycles. The Balaban J connectivity index is 1.93. The molecule has 0 fully saturated rings. The van der Waals surface area contributed by atoms with Crippen LogP contribution in [0.2, 0.25) is 0 Å². The molecule has 0 unspecified atom stereocenters. The average molecular weight is 372 g/mol. The summed E-state index contributed by atoms with van der Waals surface area (Å²) < 4.78 is 19.3. The summed E-state index contributed by atoms with van der Waals surface area (Å²) in [5.74, 6) is -0.583. The highest BCUT2D eigenvalue weighted by Gasteiger charge is 2.12. The summed E-state index contributed by atoms with van der Waals surface area (Å²) in [4.78, 5) is 20.3. The lowest BCUT2D eigenvalue weighted by molar-refractivity contribution is -0.134. The van der Waals surface area contributed by atoms with Crippen LogP contribution in [0, 0.1) is 5.82 Å². The fourth-order valence-electron chi connectivity index (χ4n) is 2.78. The summed E-state index contributed by atoms with van der Waals surface area (Å²) in [6.07, 6.45) is 12.6. The molecule has 0 atom stereocenters. The van der Waals surface area contributed by atoms with E-state index in [1.807, 2.05) is 6.92 Å². The largest absolute Gasteiger partial charge is 0.423 e. The van der Waals surface area contributed by atoms with Gasteiger partial charge in [-0.15, -0.1) is 0 Å². The second-order valence-electron chi connectivity index (χ2n) is 6.80. The fraction of sp³-hybridized carbons (Fsp3) is 0.500. The van der Waals surface area contributed by atoms with E-state index in [1.165, 1.54) is 37.8 Å². The van der Waals surface area contributed by atoms with Crippen molar-refractivity contribution in [3.8, 4) is 17.1 Å². The van der Waals surface area contributed by atoms with Gasteiger partial charge >= 0.3 is 5.97 Å². The number of esters is 1. The van der Waals surface area contributed by atoms with Gasteiger partial charge in [0.25, 0.3) is 0 Å². The zero-order valence-electron chi connectivity index (χ0n) is 16.3. The molecule has 0 saturated heterocycles. The monoisotopic (exact) mass is 372 g/mol. The van der Waals surface area contributed by atoms with E-state index in [9.17, 15) is 9.18 Å². The third kappa shape index (κ3) is 7.08. The molecule has 0 N–H and O–H groups in total. The van der Waals surface area contributed by atoms with Gasteiger partial charge in [-0.25, -0.2) is 14.4 Å². The minimum Gasteiger partial charge on any atom is -0.423 e. The van der Waals surface area contributed by atoms with Gasteiger partial charge in [0.1, 0.15) is 0 Å². The van der Waals surface area contributed by atoms with Crippen molar-refractivity contribution in [3.05, 3.63) is 42.0 Å². The molecule has 0 spiro atoms. The Bertz CT molecular complexity index is 717. The first-order valence-electron chi connectivity index (χ1n) is 9.95. The lowest BCUT2D eigenvalue weighted by Crippen LogP contribution is -2.08. The molecule has 1 aromatic heterocycles. The minimum absolute atomic E-state index is 0.0523. The van der Waals surface area contributed by atoms with Crippen LogP contribution in [0.15, 0.2) is 30.6 Å². The maximum atomic E-state index is 14.2. The van der Waals surface area contributed by atoms with Crippen LogP contribution in [0.4, 0.5) is 4.39 Å². The Labute approximate surface area is 161 Å². The quantitative estimate of drug-likeness (QED) is 0.280. The van der Waals surface area contributed by atoms with Crippen LogP contribution in [0.3, 0.4) is 0 Å². The zero-order chi connectivity index (χ0) is 19.5. The van der Waals surface area contributed by atoms with Crippen LogP contribution in [-0.4, -0.2) is 15.9 Å². The Morgan fingerprint density at radius 3 is 2.37 bits per heavy atom. The SMILES string of the molecule is CCCCCCCc1cnc(-c2ccc(OC(=O)CCCC)c(F)c2)nc1. The van der Waals surface area contributed by atoms with E-state index in [1.54, 1.807) is 18.5 Å². The molecule has 27 heavy (non-hydrogen) atoms. The van der Waals surface area contributed by atoms with Crippen molar-refractivity contribution < 1.29 is 13.9 Å². The number of carbonyl (C=O) groups excluding carboxylic acids is 1. The third-order valence-electron chi connectivity index (χ3n) is 4.42. The van der Waals surface area contributed by atoms with E-state index in [2.05, 4.69) is 16.9 Å². The molecule has 4 nitrogen and oxygen atoms in total. The van der Waals surface area contributed by atoms with Gasteiger partial charge in [0.05, 0.1) is 0 Å². The predicted molar refractivity (Wildman–Crippen MR) is 105 cm³/mol. The van der Waals surface area contributed by atoms with Crippen molar-refractivity contribution in [1.29, 1.82) is 0 Å². The van der Waals surface area contributed by atoms with Crippen LogP contribution >= 0.6 is 0 Å². The summed E-state index contributed by atoms with van der Waals surface area (Å²) in [5.41, 5.74) is 1.66. The maximum absolute atomic E-state index is 14.2. The van der Waals surface area contributed by atoms with E-state index in [0.29, 0.717) is 17.8 Å². The topological polar surface area (TPSA) is 52.1 Å². The smallest absolute Gasteiger partial charge is 0.311 e. The minimum atomic E-state index is -0.582. The molecular weight excluding hydrogens is 343 g/mol. The second-order valence-corrected chi connectivity index (χ2v) is 6.80. The van der Waals surface area contributed by atoms with Gasteiger partial charge in [0.2, 0.25) is 0 Å². The maximum Gasteiger partial charge on any atom is 0.311 e. The summed E-state index contributed by atoms with van der Waals surface area (Å²) in [6.45, 7) is 4.19. The summed E-state index contributed by atoms with van der Waals surface area (Å²) >= 11 is 0. The number of hydrogen-bond donors (Lipinski definition) is 0. The third-order valence-corrected chi connectivity index (χ3v) is 4.42. The molecule has 0 amide bonds. The highest BCUT2D eigenvalue weighted by atomic mass is 19.1. The molecule has 2 rings (SSSR count). The molecule has 2 aromatic rings. The molecule has 0 radical (unpaired) electrons. The van der Waals surface area contributed by atoms with E-state index in [0.717, 1.165) is 31.2 Å². The van der Waals surface area contributed by atoms with Gasteiger partial charge in [-0.05, 0) is 43.0 Å². The molecule has 1 aromatic carbocycles. The molecule has 0 aliphatic heterocycles. The second kappa shape index (κ2) is 11.4. The Kier molecular flexibility index (Phi) is 8.89. The Hall–Kier alpha value is -2.30. The van der Waals surface area contributed by atoms with E-state index < -0.39 is 11.8 Å². The predicted octanol–water partition coefficient (Wildman–Crippen LogP) is 5.89. The number of ether oxygens (including phenoxy) is 1. The van der Waals surface area contributed by atoms with Gasteiger partial charge < -0.3 is 4.74 Å². The van der Waals surface area contributed by atoms with Crippen molar-refractivity contribution in [1.82, 2.24) is 9.97 Å².